The lowest BCUT2D eigenvalue weighted by atomic mass is 10.0. The largest absolute Gasteiger partial charge is 0.494 e. The molecule has 2 saturated heterocycles. The minimum absolute atomic E-state index is 0.438. The van der Waals surface area contributed by atoms with Crippen LogP contribution in [0.5, 0.6) is 5.75 Å². The second-order valence-electron chi connectivity index (χ2n) is 9.75. The van der Waals surface area contributed by atoms with E-state index in [0.717, 1.165) is 60.3 Å². The number of halogens is 2. The minimum atomic E-state index is -0.662. The lowest BCUT2D eigenvalue weighted by Crippen LogP contribution is -2.44. The maximum Gasteiger partial charge on any atom is 0.227 e. The first-order valence-electron chi connectivity index (χ1n) is 12.8. The van der Waals surface area contributed by atoms with E-state index in [2.05, 4.69) is 31.2 Å². The normalized spacial score (nSPS) is 19.0. The van der Waals surface area contributed by atoms with Crippen LogP contribution in [-0.4, -0.2) is 65.4 Å². The standard InChI is InChI=1S/C28H30ClFN6O/c1-37-26-14-20(35-12-9-19(10-13-35)36-11-8-18(30)17-36)6-7-25(26)33-28-32-16-23(29)27(34-28)22-15-31-24-5-3-2-4-21(22)24/h2-7,14-16,18-19,31H,8-13,17H2,1H3,(H,32,33,34)/t18-/m1/s1. The van der Waals surface area contributed by atoms with E-state index in [1.165, 1.54) is 0 Å². The highest BCUT2D eigenvalue weighted by Crippen LogP contribution is 2.36. The number of nitrogens with zero attached hydrogens (tertiary/aromatic N) is 4. The second kappa shape index (κ2) is 10.2. The number of rotatable bonds is 6. The van der Waals surface area contributed by atoms with Crippen molar-refractivity contribution in [2.45, 2.75) is 31.5 Å². The van der Waals surface area contributed by atoms with Crippen LogP contribution in [0.3, 0.4) is 0 Å². The molecular formula is C28H30ClFN6O. The summed E-state index contributed by atoms with van der Waals surface area (Å²) in [6.07, 6.45) is 5.64. The van der Waals surface area contributed by atoms with Gasteiger partial charge >= 0.3 is 0 Å². The van der Waals surface area contributed by atoms with Crippen molar-refractivity contribution in [2.24, 2.45) is 0 Å². The van der Waals surface area contributed by atoms with Gasteiger partial charge in [-0.25, -0.2) is 14.4 Å². The Morgan fingerprint density at radius 1 is 1.11 bits per heavy atom. The molecule has 37 heavy (non-hydrogen) atoms. The maximum absolute atomic E-state index is 13.6. The average Bonchev–Trinajstić information content (AvgIpc) is 3.56. The van der Waals surface area contributed by atoms with E-state index in [0.29, 0.717) is 41.4 Å². The molecule has 6 rings (SSSR count). The minimum Gasteiger partial charge on any atom is -0.494 e. The summed E-state index contributed by atoms with van der Waals surface area (Å²) >= 11 is 6.50. The van der Waals surface area contributed by atoms with Gasteiger partial charge in [-0.1, -0.05) is 29.8 Å². The van der Waals surface area contributed by atoms with Gasteiger partial charge in [0.15, 0.2) is 0 Å². The molecule has 192 valence electrons. The van der Waals surface area contributed by atoms with Crippen LogP contribution in [0.2, 0.25) is 5.02 Å². The second-order valence-corrected chi connectivity index (χ2v) is 10.2. The van der Waals surface area contributed by atoms with Gasteiger partial charge in [-0.15, -0.1) is 0 Å². The Balaban J connectivity index is 1.19. The smallest absolute Gasteiger partial charge is 0.227 e. The number of hydrogen-bond acceptors (Lipinski definition) is 6. The van der Waals surface area contributed by atoms with E-state index in [1.54, 1.807) is 13.3 Å². The number of nitrogens with one attached hydrogen (secondary N) is 2. The highest BCUT2D eigenvalue weighted by atomic mass is 35.5. The van der Waals surface area contributed by atoms with E-state index in [4.69, 9.17) is 21.3 Å². The molecule has 0 amide bonds. The van der Waals surface area contributed by atoms with Gasteiger partial charge in [0.25, 0.3) is 0 Å². The number of benzene rings is 2. The van der Waals surface area contributed by atoms with E-state index in [-0.39, 0.29) is 0 Å². The number of aromatic nitrogens is 3. The van der Waals surface area contributed by atoms with Crippen molar-refractivity contribution < 1.29 is 9.13 Å². The summed E-state index contributed by atoms with van der Waals surface area (Å²) in [5, 5.41) is 4.84. The fraction of sp³-hybridized carbons (Fsp3) is 0.357. The van der Waals surface area contributed by atoms with Gasteiger partial charge in [0.1, 0.15) is 11.9 Å². The summed E-state index contributed by atoms with van der Waals surface area (Å²) in [5.74, 6) is 1.15. The number of ether oxygens (including phenoxy) is 1. The summed E-state index contributed by atoms with van der Waals surface area (Å²) < 4.78 is 19.4. The Bertz CT molecular complexity index is 1400. The molecule has 2 aliphatic rings. The predicted molar refractivity (Wildman–Crippen MR) is 147 cm³/mol. The van der Waals surface area contributed by atoms with Gasteiger partial charge in [0.2, 0.25) is 5.95 Å². The van der Waals surface area contributed by atoms with Gasteiger partial charge in [0, 0.05) is 66.6 Å². The maximum atomic E-state index is 13.6. The Hall–Kier alpha value is -3.36. The fourth-order valence-corrected chi connectivity index (χ4v) is 5.74. The quantitative estimate of drug-likeness (QED) is 0.323. The number of alkyl halides is 1. The molecule has 0 spiro atoms. The van der Waals surface area contributed by atoms with Crippen molar-refractivity contribution in [1.82, 2.24) is 19.9 Å². The van der Waals surface area contributed by atoms with E-state index >= 15 is 0 Å². The third-order valence-corrected chi connectivity index (χ3v) is 7.80. The van der Waals surface area contributed by atoms with Gasteiger partial charge in [0.05, 0.1) is 29.7 Å². The van der Waals surface area contributed by atoms with Crippen molar-refractivity contribution in [3.05, 3.63) is 59.9 Å². The molecule has 1 atom stereocenters. The molecule has 2 aliphatic heterocycles. The van der Waals surface area contributed by atoms with Gasteiger partial charge < -0.3 is 19.9 Å². The fourth-order valence-electron chi connectivity index (χ4n) is 5.55. The Labute approximate surface area is 220 Å². The molecular weight excluding hydrogens is 491 g/mol. The number of piperidine rings is 1. The first-order chi connectivity index (χ1) is 18.1. The first kappa shape index (κ1) is 24.0. The topological polar surface area (TPSA) is 69.3 Å². The summed E-state index contributed by atoms with van der Waals surface area (Å²) in [4.78, 5) is 17.1. The van der Waals surface area contributed by atoms with Crippen LogP contribution in [0.1, 0.15) is 19.3 Å². The number of hydrogen-bond donors (Lipinski definition) is 2. The molecule has 0 saturated carbocycles. The zero-order valence-electron chi connectivity index (χ0n) is 20.8. The molecule has 4 aromatic rings. The molecule has 0 aliphatic carbocycles. The van der Waals surface area contributed by atoms with Gasteiger partial charge in [-0.05, 0) is 37.5 Å². The predicted octanol–water partition coefficient (Wildman–Crippen LogP) is 6.04. The number of fused-ring (bicyclic) bond motifs is 1. The highest BCUT2D eigenvalue weighted by molar-refractivity contribution is 6.33. The molecule has 2 aromatic heterocycles. The SMILES string of the molecule is COc1cc(N2CCC(N3CC[C@@H](F)C3)CC2)ccc1Nc1ncc(Cl)c(-c2c[nH]c3ccccc23)n1. The summed E-state index contributed by atoms with van der Waals surface area (Å²) in [6.45, 7) is 3.37. The van der Waals surface area contributed by atoms with Crippen molar-refractivity contribution in [1.29, 1.82) is 0 Å². The van der Waals surface area contributed by atoms with Crippen LogP contribution in [0.15, 0.2) is 54.9 Å². The van der Waals surface area contributed by atoms with Crippen LogP contribution in [0, 0.1) is 0 Å². The van der Waals surface area contributed by atoms with Crippen molar-refractivity contribution in [3.63, 3.8) is 0 Å². The van der Waals surface area contributed by atoms with Gasteiger partial charge in [-0.3, -0.25) is 4.90 Å². The lowest BCUT2D eigenvalue weighted by molar-refractivity contribution is 0.192. The van der Waals surface area contributed by atoms with Crippen molar-refractivity contribution in [2.75, 3.05) is 43.5 Å². The number of methoxy groups -OCH3 is 1. The molecule has 4 heterocycles. The van der Waals surface area contributed by atoms with E-state index in [1.807, 2.05) is 42.6 Å². The zero-order valence-corrected chi connectivity index (χ0v) is 21.5. The Kier molecular flexibility index (Phi) is 6.61. The van der Waals surface area contributed by atoms with Crippen LogP contribution in [-0.2, 0) is 0 Å². The summed E-state index contributed by atoms with van der Waals surface area (Å²) in [6, 6.07) is 14.7. The summed E-state index contributed by atoms with van der Waals surface area (Å²) in [5.41, 5.74) is 4.50. The third kappa shape index (κ3) is 4.83. The zero-order chi connectivity index (χ0) is 25.4. The Morgan fingerprint density at radius 2 is 1.95 bits per heavy atom. The van der Waals surface area contributed by atoms with Gasteiger partial charge in [-0.2, -0.15) is 0 Å². The number of H-pyrrole nitrogens is 1. The molecule has 2 fully saturated rings. The molecule has 0 bridgehead atoms. The van der Waals surface area contributed by atoms with Crippen molar-refractivity contribution >= 4 is 39.8 Å². The van der Waals surface area contributed by atoms with Crippen molar-refractivity contribution in [3.8, 4) is 17.0 Å². The molecule has 2 N–H and O–H groups in total. The number of likely N-dealkylation sites (tertiary alicyclic amines) is 1. The molecule has 0 unspecified atom stereocenters. The van der Waals surface area contributed by atoms with Crippen LogP contribution in [0.25, 0.3) is 22.2 Å². The van der Waals surface area contributed by atoms with E-state index < -0.39 is 6.17 Å². The van der Waals surface area contributed by atoms with Crippen LogP contribution >= 0.6 is 11.6 Å². The number of aromatic amines is 1. The van der Waals surface area contributed by atoms with E-state index in [9.17, 15) is 4.39 Å². The lowest BCUT2D eigenvalue weighted by Gasteiger charge is -2.38. The third-order valence-electron chi connectivity index (χ3n) is 7.53. The highest BCUT2D eigenvalue weighted by Gasteiger charge is 2.30. The van der Waals surface area contributed by atoms with Crippen LogP contribution < -0.4 is 15.0 Å². The van der Waals surface area contributed by atoms with Crippen LogP contribution in [0.4, 0.5) is 21.7 Å². The molecule has 0 radical (unpaired) electrons. The Morgan fingerprint density at radius 3 is 2.73 bits per heavy atom. The average molecular weight is 521 g/mol. The number of para-hydroxylation sites is 1. The first-order valence-corrected chi connectivity index (χ1v) is 13.1. The monoisotopic (exact) mass is 520 g/mol. The number of anilines is 3. The molecule has 9 heteroatoms. The molecule has 7 nitrogen and oxygen atoms in total. The summed E-state index contributed by atoms with van der Waals surface area (Å²) in [7, 11) is 1.66. The molecule has 2 aromatic carbocycles.